The molecule has 2 heterocycles. The zero-order chi connectivity index (χ0) is 19.6. The zero-order valence-electron chi connectivity index (χ0n) is 16.2. The number of nitrogens with zero attached hydrogens (tertiary/aromatic N) is 2. The summed E-state index contributed by atoms with van der Waals surface area (Å²) in [6, 6.07) is 11.3. The molecule has 1 amide bonds. The van der Waals surface area contributed by atoms with Crippen molar-refractivity contribution in [2.24, 2.45) is 0 Å². The average molecular weight is 385 g/mol. The second-order valence-corrected chi connectivity index (χ2v) is 6.53. The molecule has 0 spiro atoms. The Balaban J connectivity index is 1.38. The van der Waals surface area contributed by atoms with E-state index in [1.54, 1.807) is 18.3 Å². The van der Waals surface area contributed by atoms with Crippen LogP contribution in [0.5, 0.6) is 11.6 Å². The minimum Gasteiger partial charge on any atom is -0.484 e. The number of aromatic nitrogens is 1. The van der Waals surface area contributed by atoms with Gasteiger partial charge >= 0.3 is 0 Å². The fourth-order valence-corrected chi connectivity index (χ4v) is 2.84. The van der Waals surface area contributed by atoms with E-state index in [0.29, 0.717) is 23.9 Å². The van der Waals surface area contributed by atoms with E-state index in [4.69, 9.17) is 14.2 Å². The lowest BCUT2D eigenvalue weighted by Crippen LogP contribution is -2.38. The maximum absolute atomic E-state index is 12.1. The van der Waals surface area contributed by atoms with Crippen LogP contribution in [-0.2, 0) is 16.0 Å². The maximum Gasteiger partial charge on any atom is 0.262 e. The smallest absolute Gasteiger partial charge is 0.262 e. The van der Waals surface area contributed by atoms with Gasteiger partial charge < -0.3 is 19.5 Å². The van der Waals surface area contributed by atoms with Gasteiger partial charge in [0.1, 0.15) is 12.4 Å². The summed E-state index contributed by atoms with van der Waals surface area (Å²) in [5, 5.41) is 2.77. The largest absolute Gasteiger partial charge is 0.484 e. The van der Waals surface area contributed by atoms with Gasteiger partial charge in [0.25, 0.3) is 5.91 Å². The Morgan fingerprint density at radius 2 is 2.07 bits per heavy atom. The molecule has 150 valence electrons. The lowest BCUT2D eigenvalue weighted by Gasteiger charge is -2.26. The molecular formula is C21H27N3O4. The van der Waals surface area contributed by atoms with E-state index in [-0.39, 0.29) is 12.5 Å². The van der Waals surface area contributed by atoms with Crippen LogP contribution < -0.4 is 14.8 Å². The molecule has 0 saturated carbocycles. The number of hydrogen-bond donors (Lipinski definition) is 1. The van der Waals surface area contributed by atoms with Crippen LogP contribution in [0.15, 0.2) is 42.6 Å². The van der Waals surface area contributed by atoms with Crippen LogP contribution in [-0.4, -0.2) is 61.9 Å². The summed E-state index contributed by atoms with van der Waals surface area (Å²) in [7, 11) is 0. The van der Waals surface area contributed by atoms with E-state index in [2.05, 4.69) is 22.1 Å². The summed E-state index contributed by atoms with van der Waals surface area (Å²) in [6.07, 6.45) is 2.51. The molecule has 1 aliphatic heterocycles. The van der Waals surface area contributed by atoms with Crippen molar-refractivity contribution in [2.45, 2.75) is 13.3 Å². The van der Waals surface area contributed by atoms with Gasteiger partial charge in [-0.25, -0.2) is 4.98 Å². The Morgan fingerprint density at radius 1 is 1.21 bits per heavy atom. The lowest BCUT2D eigenvalue weighted by molar-refractivity contribution is -0.118. The van der Waals surface area contributed by atoms with Crippen LogP contribution >= 0.6 is 0 Å². The first-order valence-corrected chi connectivity index (χ1v) is 9.63. The summed E-state index contributed by atoms with van der Waals surface area (Å²) in [4.78, 5) is 18.6. The number of anilines is 1. The second-order valence-electron chi connectivity index (χ2n) is 6.53. The molecule has 7 heteroatoms. The SMILES string of the molecule is CCc1cccc(OCC(=O)Nc2ccc(OCCN3CCOCC3)nc2)c1. The molecular weight excluding hydrogens is 358 g/mol. The first-order valence-electron chi connectivity index (χ1n) is 9.63. The standard InChI is InChI=1S/C21H27N3O4/c1-2-17-4-3-5-19(14-17)28-16-20(25)23-18-6-7-21(22-15-18)27-13-10-24-8-11-26-12-9-24/h3-7,14-15H,2,8-13,16H2,1H3,(H,23,25). The van der Waals surface area contributed by atoms with Crippen LogP contribution in [0.2, 0.25) is 0 Å². The first kappa shape index (κ1) is 20.1. The van der Waals surface area contributed by atoms with Gasteiger partial charge in [-0.1, -0.05) is 19.1 Å². The summed E-state index contributed by atoms with van der Waals surface area (Å²) in [5.41, 5.74) is 1.78. The molecule has 0 aliphatic carbocycles. The third kappa shape index (κ3) is 6.51. The number of benzene rings is 1. The van der Waals surface area contributed by atoms with Crippen molar-refractivity contribution in [2.75, 3.05) is 51.4 Å². The van der Waals surface area contributed by atoms with Crippen molar-refractivity contribution in [1.82, 2.24) is 9.88 Å². The molecule has 1 saturated heterocycles. The van der Waals surface area contributed by atoms with Gasteiger partial charge in [0, 0.05) is 25.7 Å². The Hall–Kier alpha value is -2.64. The monoisotopic (exact) mass is 385 g/mol. The molecule has 2 aromatic rings. The van der Waals surface area contributed by atoms with Gasteiger partial charge in [0.05, 0.1) is 25.1 Å². The number of aryl methyl sites for hydroxylation is 1. The predicted molar refractivity (Wildman–Crippen MR) is 107 cm³/mol. The topological polar surface area (TPSA) is 72.9 Å². The Labute approximate surface area is 165 Å². The minimum absolute atomic E-state index is 0.0506. The molecule has 0 bridgehead atoms. The van der Waals surface area contributed by atoms with E-state index < -0.39 is 0 Å². The summed E-state index contributed by atoms with van der Waals surface area (Å²) in [5.74, 6) is 1.00. The molecule has 1 aliphatic rings. The quantitative estimate of drug-likeness (QED) is 0.715. The van der Waals surface area contributed by atoms with Crippen molar-refractivity contribution < 1.29 is 19.0 Å². The number of carbonyl (C=O) groups is 1. The highest BCUT2D eigenvalue weighted by molar-refractivity contribution is 5.91. The lowest BCUT2D eigenvalue weighted by atomic mass is 10.2. The van der Waals surface area contributed by atoms with E-state index >= 15 is 0 Å². The zero-order valence-corrected chi connectivity index (χ0v) is 16.2. The molecule has 1 aromatic heterocycles. The van der Waals surface area contributed by atoms with Crippen molar-refractivity contribution in [3.05, 3.63) is 48.2 Å². The van der Waals surface area contributed by atoms with Gasteiger partial charge in [-0.3, -0.25) is 9.69 Å². The highest BCUT2D eigenvalue weighted by atomic mass is 16.5. The highest BCUT2D eigenvalue weighted by Crippen LogP contribution is 2.14. The van der Waals surface area contributed by atoms with Crippen molar-refractivity contribution in [1.29, 1.82) is 0 Å². The molecule has 7 nitrogen and oxygen atoms in total. The van der Waals surface area contributed by atoms with Crippen LogP contribution in [0.4, 0.5) is 5.69 Å². The fourth-order valence-electron chi connectivity index (χ4n) is 2.84. The molecule has 1 aromatic carbocycles. The van der Waals surface area contributed by atoms with Gasteiger partial charge in [0.2, 0.25) is 5.88 Å². The fraction of sp³-hybridized carbons (Fsp3) is 0.429. The minimum atomic E-state index is -0.232. The molecule has 1 fully saturated rings. The average Bonchev–Trinajstić information content (AvgIpc) is 2.74. The van der Waals surface area contributed by atoms with Gasteiger partial charge in [0.15, 0.2) is 6.61 Å². The number of rotatable bonds is 9. The maximum atomic E-state index is 12.1. The van der Waals surface area contributed by atoms with Crippen molar-refractivity contribution >= 4 is 11.6 Å². The van der Waals surface area contributed by atoms with Crippen LogP contribution in [0, 0.1) is 0 Å². The van der Waals surface area contributed by atoms with Crippen LogP contribution in [0.1, 0.15) is 12.5 Å². The van der Waals surface area contributed by atoms with Gasteiger partial charge in [-0.05, 0) is 30.2 Å². The normalized spacial score (nSPS) is 14.5. The number of ether oxygens (including phenoxy) is 3. The van der Waals surface area contributed by atoms with Crippen molar-refractivity contribution in [3.63, 3.8) is 0 Å². The molecule has 1 N–H and O–H groups in total. The Morgan fingerprint density at radius 3 is 2.82 bits per heavy atom. The number of morpholine rings is 1. The van der Waals surface area contributed by atoms with E-state index in [1.165, 1.54) is 5.56 Å². The first-order chi connectivity index (χ1) is 13.7. The third-order valence-corrected chi connectivity index (χ3v) is 4.46. The highest BCUT2D eigenvalue weighted by Gasteiger charge is 2.10. The van der Waals surface area contributed by atoms with E-state index in [9.17, 15) is 4.79 Å². The predicted octanol–water partition coefficient (Wildman–Crippen LogP) is 2.37. The number of pyridine rings is 1. The number of nitrogens with one attached hydrogen (secondary N) is 1. The summed E-state index contributed by atoms with van der Waals surface area (Å²) < 4.78 is 16.5. The van der Waals surface area contributed by atoms with Crippen molar-refractivity contribution in [3.8, 4) is 11.6 Å². The van der Waals surface area contributed by atoms with E-state index in [0.717, 1.165) is 39.3 Å². The van der Waals surface area contributed by atoms with Crippen LogP contribution in [0.3, 0.4) is 0 Å². The van der Waals surface area contributed by atoms with E-state index in [1.807, 2.05) is 24.3 Å². The molecule has 0 unspecified atom stereocenters. The molecule has 28 heavy (non-hydrogen) atoms. The Kier molecular flexibility index (Phi) is 7.63. The number of hydrogen-bond acceptors (Lipinski definition) is 6. The molecule has 3 rings (SSSR count). The molecule has 0 atom stereocenters. The third-order valence-electron chi connectivity index (χ3n) is 4.46. The summed E-state index contributed by atoms with van der Waals surface area (Å²) in [6.45, 7) is 6.88. The number of carbonyl (C=O) groups excluding carboxylic acids is 1. The Bertz CT molecular complexity index is 746. The van der Waals surface area contributed by atoms with Crippen LogP contribution in [0.25, 0.3) is 0 Å². The summed E-state index contributed by atoms with van der Waals surface area (Å²) >= 11 is 0. The second kappa shape index (κ2) is 10.6. The van der Waals surface area contributed by atoms with Gasteiger partial charge in [-0.2, -0.15) is 0 Å². The number of amides is 1. The van der Waals surface area contributed by atoms with Gasteiger partial charge in [-0.15, -0.1) is 0 Å². The molecule has 0 radical (unpaired) electrons.